The molecule has 1 fully saturated rings. The lowest BCUT2D eigenvalue weighted by Gasteiger charge is -2.32. The van der Waals surface area contributed by atoms with Crippen LogP contribution < -0.4 is 38.9 Å². The number of hydrogen-bond donors (Lipinski definition) is 1. The Morgan fingerprint density at radius 3 is 2.38 bits per heavy atom. The Morgan fingerprint density at radius 2 is 1.80 bits per heavy atom. The fourth-order valence-electron chi connectivity index (χ4n) is 5.70. The van der Waals surface area contributed by atoms with E-state index < -0.39 is 22.5 Å². The fraction of sp³-hybridized carbons (Fsp3) is 0.387. The molecular weight excluding hydrogens is 602 g/mol. The van der Waals surface area contributed by atoms with Gasteiger partial charge in [-0.2, -0.15) is 0 Å². The summed E-state index contributed by atoms with van der Waals surface area (Å²) in [5.74, 6) is 0.451. The number of benzene rings is 2. The molecule has 13 nitrogen and oxygen atoms in total. The molecule has 3 heterocycles. The zero-order valence-electron chi connectivity index (χ0n) is 26.0. The van der Waals surface area contributed by atoms with Crippen LogP contribution in [0.2, 0.25) is 0 Å². The molecule has 1 aromatic heterocycles. The lowest BCUT2D eigenvalue weighted by Crippen LogP contribution is -3.12. The number of carbonyl (C=O) groups excluding carboxylic acids is 1. The summed E-state index contributed by atoms with van der Waals surface area (Å²) in [4.78, 5) is 47.5. The van der Waals surface area contributed by atoms with Crippen molar-refractivity contribution >= 4 is 34.8 Å². The summed E-state index contributed by atoms with van der Waals surface area (Å²) >= 11 is 1.15. The van der Waals surface area contributed by atoms with Crippen molar-refractivity contribution in [3.05, 3.63) is 82.5 Å². The van der Waals surface area contributed by atoms with Gasteiger partial charge >= 0.3 is 5.97 Å². The van der Waals surface area contributed by atoms with Crippen molar-refractivity contribution in [2.45, 2.75) is 19.9 Å². The number of anilines is 1. The molecule has 1 saturated heterocycles. The number of quaternary nitrogens is 1. The number of ether oxygens (including phenoxy) is 4. The first-order valence-electron chi connectivity index (χ1n) is 14.5. The predicted molar refractivity (Wildman–Crippen MR) is 168 cm³/mol. The summed E-state index contributed by atoms with van der Waals surface area (Å²) in [7, 11) is 6.59. The van der Waals surface area contributed by atoms with Crippen LogP contribution in [0.15, 0.2) is 51.4 Å². The summed E-state index contributed by atoms with van der Waals surface area (Å²) in [5.41, 5.74) is 1.99. The Kier molecular flexibility index (Phi) is 9.25. The van der Waals surface area contributed by atoms with Crippen LogP contribution in [0, 0.1) is 10.1 Å². The molecule has 2 aliphatic rings. The molecule has 5 rings (SSSR count). The molecule has 1 atom stereocenters. The number of allylic oxidation sites excluding steroid dienone is 1. The van der Waals surface area contributed by atoms with Crippen LogP contribution in [0.25, 0.3) is 6.08 Å². The number of non-ortho nitro benzene ring substituents is 1. The molecule has 238 valence electrons. The number of rotatable bonds is 9. The Bertz CT molecular complexity index is 1830. The van der Waals surface area contributed by atoms with Crippen molar-refractivity contribution in [2.75, 3.05) is 66.1 Å². The van der Waals surface area contributed by atoms with E-state index in [0.29, 0.717) is 43.4 Å². The minimum Gasteiger partial charge on any atom is -0.493 e. The highest BCUT2D eigenvalue weighted by molar-refractivity contribution is 7.07. The highest BCUT2D eigenvalue weighted by atomic mass is 32.1. The number of nitro benzene ring substituents is 1. The van der Waals surface area contributed by atoms with E-state index in [1.807, 2.05) is 0 Å². The van der Waals surface area contributed by atoms with E-state index in [1.54, 1.807) is 38.1 Å². The number of carbonyl (C=O) groups is 1. The number of hydrogen-bond acceptors (Lipinski definition) is 11. The molecule has 1 N–H and O–H groups in total. The molecular formula is C31H36N5O8S+. The van der Waals surface area contributed by atoms with Gasteiger partial charge in [0, 0.05) is 23.4 Å². The summed E-state index contributed by atoms with van der Waals surface area (Å²) in [5, 5.41) is 11.7. The molecule has 0 radical (unpaired) electrons. The van der Waals surface area contributed by atoms with E-state index in [0.717, 1.165) is 43.2 Å². The van der Waals surface area contributed by atoms with Gasteiger partial charge in [-0.3, -0.25) is 19.5 Å². The van der Waals surface area contributed by atoms with Gasteiger partial charge in [-0.05, 0) is 43.7 Å². The van der Waals surface area contributed by atoms with Crippen LogP contribution in [-0.2, 0) is 9.53 Å². The third-order valence-corrected chi connectivity index (χ3v) is 8.97. The number of aromatic nitrogens is 1. The first-order chi connectivity index (χ1) is 21.6. The number of methoxy groups -OCH3 is 3. The Balaban J connectivity index is 1.75. The van der Waals surface area contributed by atoms with E-state index in [2.05, 4.69) is 16.9 Å². The van der Waals surface area contributed by atoms with Gasteiger partial charge < -0.3 is 28.7 Å². The van der Waals surface area contributed by atoms with Crippen LogP contribution in [0.3, 0.4) is 0 Å². The summed E-state index contributed by atoms with van der Waals surface area (Å²) in [6.07, 6.45) is 1.67. The van der Waals surface area contributed by atoms with Crippen LogP contribution in [-0.4, -0.2) is 76.6 Å². The Hall–Kier alpha value is -4.69. The van der Waals surface area contributed by atoms with E-state index >= 15 is 0 Å². The maximum Gasteiger partial charge on any atom is 0.338 e. The third kappa shape index (κ3) is 6.02. The normalized spacial score (nSPS) is 17.1. The highest BCUT2D eigenvalue weighted by Gasteiger charge is 2.35. The minimum absolute atomic E-state index is 0.0757. The zero-order valence-corrected chi connectivity index (χ0v) is 26.9. The standard InChI is InChI=1S/C31H35N5O8S/c1-7-44-30(38)26-18(2)32-31-35(27(26)20-15-23(41-4)28(43-6)24(16-20)42-5)29(37)25(45-31)17-19-14-21(36(39)40)8-9-22(19)34-12-10-33(3)11-13-34/h8-9,14-17,27H,7,10-13H2,1-6H3/p+1/b25-17+/t27-/m1/s1. The molecule has 0 spiro atoms. The first-order valence-corrected chi connectivity index (χ1v) is 15.3. The summed E-state index contributed by atoms with van der Waals surface area (Å²) in [6.45, 7) is 6.92. The highest BCUT2D eigenvalue weighted by Crippen LogP contribution is 2.42. The van der Waals surface area contributed by atoms with E-state index in [1.165, 1.54) is 42.9 Å². The molecule has 14 heteroatoms. The number of esters is 1. The molecule has 0 saturated carbocycles. The largest absolute Gasteiger partial charge is 0.493 e. The number of likely N-dealkylation sites (N-methyl/N-ethyl adjacent to an activating group) is 1. The Morgan fingerprint density at radius 1 is 1.13 bits per heavy atom. The van der Waals surface area contributed by atoms with Crippen molar-refractivity contribution in [3.63, 3.8) is 0 Å². The molecule has 0 bridgehead atoms. The maximum atomic E-state index is 14.3. The lowest BCUT2D eigenvalue weighted by atomic mass is 9.95. The quantitative estimate of drug-likeness (QED) is 0.207. The number of piperazine rings is 1. The molecule has 45 heavy (non-hydrogen) atoms. The maximum absolute atomic E-state index is 14.3. The van der Waals surface area contributed by atoms with Gasteiger partial charge in [0.2, 0.25) is 5.75 Å². The van der Waals surface area contributed by atoms with Gasteiger partial charge in [-0.25, -0.2) is 9.79 Å². The molecule has 0 aliphatic carbocycles. The van der Waals surface area contributed by atoms with Gasteiger partial charge in [0.1, 0.15) is 0 Å². The van der Waals surface area contributed by atoms with Crippen molar-refractivity contribution in [1.29, 1.82) is 0 Å². The third-order valence-electron chi connectivity index (χ3n) is 7.99. The topological polar surface area (TPSA) is 139 Å². The summed E-state index contributed by atoms with van der Waals surface area (Å²) in [6, 6.07) is 7.17. The number of thiazole rings is 1. The summed E-state index contributed by atoms with van der Waals surface area (Å²) < 4.78 is 23.8. The molecule has 2 aromatic carbocycles. The zero-order chi connectivity index (χ0) is 32.4. The van der Waals surface area contributed by atoms with Crippen LogP contribution in [0.1, 0.15) is 31.0 Å². The van der Waals surface area contributed by atoms with Crippen LogP contribution >= 0.6 is 11.3 Å². The van der Waals surface area contributed by atoms with Crippen molar-refractivity contribution in [2.24, 2.45) is 4.99 Å². The monoisotopic (exact) mass is 638 g/mol. The fourth-order valence-corrected chi connectivity index (χ4v) is 6.73. The van der Waals surface area contributed by atoms with Crippen LogP contribution in [0.5, 0.6) is 17.2 Å². The van der Waals surface area contributed by atoms with Crippen molar-refractivity contribution < 1.29 is 33.6 Å². The van der Waals surface area contributed by atoms with E-state index in [-0.39, 0.29) is 17.9 Å². The van der Waals surface area contributed by atoms with Gasteiger partial charge in [-0.1, -0.05) is 11.3 Å². The van der Waals surface area contributed by atoms with Crippen LogP contribution in [0.4, 0.5) is 11.4 Å². The van der Waals surface area contributed by atoms with Crippen molar-refractivity contribution in [1.82, 2.24) is 4.57 Å². The smallest absolute Gasteiger partial charge is 0.338 e. The average Bonchev–Trinajstić information content (AvgIpc) is 3.33. The number of nitro groups is 1. The van der Waals surface area contributed by atoms with E-state index in [9.17, 15) is 19.7 Å². The first kappa shape index (κ1) is 31.7. The Labute approximate surface area is 263 Å². The van der Waals surface area contributed by atoms with E-state index in [4.69, 9.17) is 18.9 Å². The second kappa shape index (κ2) is 13.1. The van der Waals surface area contributed by atoms with Gasteiger partial charge in [0.15, 0.2) is 16.3 Å². The second-order valence-electron chi connectivity index (χ2n) is 10.7. The molecule has 3 aromatic rings. The second-order valence-corrected chi connectivity index (χ2v) is 11.7. The minimum atomic E-state index is -0.929. The number of nitrogens with one attached hydrogen (secondary N) is 1. The van der Waals surface area contributed by atoms with Crippen molar-refractivity contribution in [3.8, 4) is 17.2 Å². The lowest BCUT2D eigenvalue weighted by molar-refractivity contribution is -0.880. The molecule has 0 amide bonds. The number of nitrogens with zero attached hydrogens (tertiary/aromatic N) is 4. The predicted octanol–water partition coefficient (Wildman–Crippen LogP) is 1.07. The van der Waals surface area contributed by atoms with Gasteiger partial charge in [-0.15, -0.1) is 0 Å². The SMILES string of the molecule is CCOC(=O)C1=C(C)N=c2s/c(=C/c3cc([N+](=O)[O-])ccc3N3CC[NH+](C)CC3)c(=O)n2[C@@H]1c1cc(OC)c(OC)c(OC)c1. The number of fused-ring (bicyclic) bond motifs is 1. The molecule has 0 unspecified atom stereocenters. The van der Waals surface area contributed by atoms with Gasteiger partial charge in [0.25, 0.3) is 11.2 Å². The molecule has 2 aliphatic heterocycles. The van der Waals surface area contributed by atoms with Gasteiger partial charge in [0.05, 0.1) is 87.9 Å². The average molecular weight is 639 g/mol.